The Kier molecular flexibility index (Phi) is 6.22. The average molecular weight is 400 g/mol. The summed E-state index contributed by atoms with van der Waals surface area (Å²) in [4.78, 5) is 14.7. The Bertz CT molecular complexity index is 763. The Labute approximate surface area is 160 Å². The van der Waals surface area contributed by atoms with Crippen LogP contribution in [-0.2, 0) is 14.8 Å². The van der Waals surface area contributed by atoms with Gasteiger partial charge in [-0.05, 0) is 56.3 Å². The average Bonchev–Trinajstić information content (AvgIpc) is 3.12. The largest absolute Gasteiger partial charge is 0.324 e. The molecule has 1 aromatic carbocycles. The molecule has 1 N–H and O–H groups in total. The van der Waals surface area contributed by atoms with E-state index >= 15 is 0 Å². The van der Waals surface area contributed by atoms with Crippen molar-refractivity contribution in [1.82, 2.24) is 9.21 Å². The van der Waals surface area contributed by atoms with Crippen molar-refractivity contribution in [3.05, 3.63) is 23.2 Å². The number of carbonyl (C=O) groups excluding carboxylic acids is 1. The lowest BCUT2D eigenvalue weighted by Crippen LogP contribution is -2.39. The number of amides is 1. The maximum atomic E-state index is 12.7. The zero-order chi connectivity index (χ0) is 18.7. The molecule has 1 aromatic rings. The second-order valence-corrected chi connectivity index (χ2v) is 9.63. The van der Waals surface area contributed by atoms with Crippen molar-refractivity contribution in [1.29, 1.82) is 0 Å². The Morgan fingerprint density at radius 1 is 1.23 bits per heavy atom. The first-order valence-electron chi connectivity index (χ1n) is 9.18. The Hall–Kier alpha value is -1.15. The van der Waals surface area contributed by atoms with Crippen LogP contribution in [0.1, 0.15) is 32.6 Å². The van der Waals surface area contributed by atoms with E-state index in [9.17, 15) is 13.2 Å². The molecule has 0 aliphatic carbocycles. The van der Waals surface area contributed by atoms with E-state index < -0.39 is 10.0 Å². The maximum Gasteiger partial charge on any atom is 0.243 e. The van der Waals surface area contributed by atoms with E-state index in [0.717, 1.165) is 32.4 Å². The summed E-state index contributed by atoms with van der Waals surface area (Å²) in [6, 6.07) is 4.49. The third-order valence-electron chi connectivity index (χ3n) is 5.02. The number of anilines is 1. The molecule has 2 heterocycles. The predicted octanol–water partition coefficient (Wildman–Crippen LogP) is 2.79. The highest BCUT2D eigenvalue weighted by atomic mass is 35.5. The van der Waals surface area contributed by atoms with Gasteiger partial charge in [0.2, 0.25) is 15.9 Å². The zero-order valence-electron chi connectivity index (χ0n) is 15.1. The predicted molar refractivity (Wildman–Crippen MR) is 103 cm³/mol. The summed E-state index contributed by atoms with van der Waals surface area (Å²) in [7, 11) is -3.54. The highest BCUT2D eigenvalue weighted by Crippen LogP contribution is 2.28. The van der Waals surface area contributed by atoms with Gasteiger partial charge in [-0.1, -0.05) is 18.5 Å². The molecule has 1 unspecified atom stereocenters. The van der Waals surface area contributed by atoms with Crippen molar-refractivity contribution in [3.8, 4) is 0 Å². The molecule has 0 saturated carbocycles. The van der Waals surface area contributed by atoms with Gasteiger partial charge in [0.25, 0.3) is 0 Å². The number of nitrogens with zero attached hydrogens (tertiary/aromatic N) is 2. The normalized spacial score (nSPS) is 22.5. The second kappa shape index (κ2) is 8.25. The van der Waals surface area contributed by atoms with Gasteiger partial charge in [0, 0.05) is 19.6 Å². The number of hydrogen-bond donors (Lipinski definition) is 1. The van der Waals surface area contributed by atoms with Crippen LogP contribution in [0.4, 0.5) is 5.69 Å². The number of sulfonamides is 1. The van der Waals surface area contributed by atoms with E-state index in [1.165, 1.54) is 28.9 Å². The van der Waals surface area contributed by atoms with E-state index in [1.807, 2.05) is 0 Å². The molecule has 8 heteroatoms. The van der Waals surface area contributed by atoms with Crippen LogP contribution in [-0.4, -0.2) is 56.3 Å². The maximum absolute atomic E-state index is 12.7. The van der Waals surface area contributed by atoms with Gasteiger partial charge in [0.05, 0.1) is 22.2 Å². The minimum atomic E-state index is -3.54. The summed E-state index contributed by atoms with van der Waals surface area (Å²) >= 11 is 6.18. The Balaban J connectivity index is 1.70. The van der Waals surface area contributed by atoms with E-state index in [0.29, 0.717) is 36.3 Å². The highest BCUT2D eigenvalue weighted by molar-refractivity contribution is 7.89. The molecule has 0 bridgehead atoms. The minimum absolute atomic E-state index is 0.170. The number of hydrogen-bond acceptors (Lipinski definition) is 4. The first-order chi connectivity index (χ1) is 12.4. The van der Waals surface area contributed by atoms with Crippen LogP contribution < -0.4 is 5.32 Å². The molecule has 2 aliphatic rings. The first kappa shape index (κ1) is 19.6. The fourth-order valence-electron chi connectivity index (χ4n) is 3.66. The number of halogens is 1. The van der Waals surface area contributed by atoms with Gasteiger partial charge in [-0.2, -0.15) is 4.31 Å². The van der Waals surface area contributed by atoms with Crippen molar-refractivity contribution in [2.24, 2.45) is 5.92 Å². The summed E-state index contributed by atoms with van der Waals surface area (Å²) in [5, 5.41) is 3.12. The lowest BCUT2D eigenvalue weighted by atomic mass is 10.0. The smallest absolute Gasteiger partial charge is 0.243 e. The number of nitrogens with one attached hydrogen (secondary N) is 1. The number of benzene rings is 1. The van der Waals surface area contributed by atoms with E-state index in [-0.39, 0.29) is 10.8 Å². The third kappa shape index (κ3) is 4.57. The van der Waals surface area contributed by atoms with Gasteiger partial charge in [-0.25, -0.2) is 8.42 Å². The molecule has 2 fully saturated rings. The summed E-state index contributed by atoms with van der Waals surface area (Å²) in [5.41, 5.74) is 0.349. The molecule has 26 heavy (non-hydrogen) atoms. The highest BCUT2D eigenvalue weighted by Gasteiger charge is 2.28. The van der Waals surface area contributed by atoms with Crippen LogP contribution >= 0.6 is 11.6 Å². The Morgan fingerprint density at radius 3 is 2.65 bits per heavy atom. The van der Waals surface area contributed by atoms with Crippen LogP contribution in [0.2, 0.25) is 5.02 Å². The van der Waals surface area contributed by atoms with Crippen molar-refractivity contribution in [2.75, 3.05) is 38.0 Å². The topological polar surface area (TPSA) is 69.7 Å². The fraction of sp³-hybridized carbons (Fsp3) is 0.611. The molecule has 0 aromatic heterocycles. The van der Waals surface area contributed by atoms with Crippen molar-refractivity contribution in [3.63, 3.8) is 0 Å². The van der Waals surface area contributed by atoms with Crippen molar-refractivity contribution in [2.45, 2.75) is 37.5 Å². The number of rotatable bonds is 5. The number of piperidine rings is 1. The van der Waals surface area contributed by atoms with E-state index in [2.05, 4.69) is 17.1 Å². The molecule has 2 saturated heterocycles. The summed E-state index contributed by atoms with van der Waals surface area (Å²) in [6.07, 6.45) is 4.05. The Morgan fingerprint density at radius 2 is 1.96 bits per heavy atom. The second-order valence-electron chi connectivity index (χ2n) is 7.28. The van der Waals surface area contributed by atoms with Gasteiger partial charge in [-0.15, -0.1) is 0 Å². The van der Waals surface area contributed by atoms with Gasteiger partial charge in [0.15, 0.2) is 0 Å². The monoisotopic (exact) mass is 399 g/mol. The molecule has 6 nitrogen and oxygen atoms in total. The number of carbonyl (C=O) groups is 1. The molecule has 1 amide bonds. The molecule has 0 spiro atoms. The van der Waals surface area contributed by atoms with E-state index in [1.54, 1.807) is 0 Å². The zero-order valence-corrected chi connectivity index (χ0v) is 16.7. The summed E-state index contributed by atoms with van der Waals surface area (Å²) < 4.78 is 26.9. The fourth-order valence-corrected chi connectivity index (χ4v) is 5.37. The lowest BCUT2D eigenvalue weighted by Gasteiger charge is -2.30. The van der Waals surface area contributed by atoms with E-state index in [4.69, 9.17) is 11.6 Å². The SMILES string of the molecule is CC1CCCN(CC(=O)Nc2cc(S(=O)(=O)N3CCCC3)ccc2Cl)C1. The quantitative estimate of drug-likeness (QED) is 0.826. The molecule has 144 valence electrons. The first-order valence-corrected chi connectivity index (χ1v) is 11.0. The molecule has 3 rings (SSSR count). The van der Waals surface area contributed by atoms with Crippen LogP contribution in [0.15, 0.2) is 23.1 Å². The van der Waals surface area contributed by atoms with Gasteiger partial charge >= 0.3 is 0 Å². The molecular weight excluding hydrogens is 374 g/mol. The van der Waals surface area contributed by atoms with Gasteiger partial charge in [0.1, 0.15) is 0 Å². The van der Waals surface area contributed by atoms with Crippen LogP contribution in [0.25, 0.3) is 0 Å². The van der Waals surface area contributed by atoms with Crippen LogP contribution in [0.5, 0.6) is 0 Å². The lowest BCUT2D eigenvalue weighted by molar-refractivity contribution is -0.117. The van der Waals surface area contributed by atoms with Gasteiger partial charge in [-0.3, -0.25) is 9.69 Å². The molecular formula is C18H26ClN3O3S. The molecule has 2 aliphatic heterocycles. The molecule has 1 atom stereocenters. The minimum Gasteiger partial charge on any atom is -0.324 e. The van der Waals surface area contributed by atoms with Crippen molar-refractivity contribution >= 4 is 33.2 Å². The van der Waals surface area contributed by atoms with Gasteiger partial charge < -0.3 is 5.32 Å². The standard InChI is InChI=1S/C18H26ClN3O3S/c1-14-5-4-8-21(12-14)13-18(23)20-17-11-15(6-7-16(17)19)26(24,25)22-9-2-3-10-22/h6-7,11,14H,2-5,8-10,12-13H2,1H3,(H,20,23). The summed E-state index contributed by atoms with van der Waals surface area (Å²) in [6.45, 7) is 5.39. The van der Waals surface area contributed by atoms with Crippen LogP contribution in [0.3, 0.4) is 0 Å². The third-order valence-corrected chi connectivity index (χ3v) is 7.25. The van der Waals surface area contributed by atoms with Crippen LogP contribution in [0, 0.1) is 5.92 Å². The molecule has 0 radical (unpaired) electrons. The van der Waals surface area contributed by atoms with Crippen molar-refractivity contribution < 1.29 is 13.2 Å². The summed E-state index contributed by atoms with van der Waals surface area (Å²) in [5.74, 6) is 0.422. The number of likely N-dealkylation sites (tertiary alicyclic amines) is 1.